The number of pyridine rings is 1. The molecule has 5 heteroatoms. The predicted molar refractivity (Wildman–Crippen MR) is 73.1 cm³/mol. The van der Waals surface area contributed by atoms with Crippen LogP contribution in [-0.4, -0.2) is 24.0 Å². The molecule has 1 heterocycles. The van der Waals surface area contributed by atoms with Gasteiger partial charge in [0, 0.05) is 24.8 Å². The Balaban J connectivity index is 3.11. The molecule has 5 nitrogen and oxygen atoms in total. The standard InChI is InChI=1S/C13H22N4O/c1-9(2)7-17(8-12(15)18)13-11(6-14)10(3)4-5-16-13/h4-5,9H,6-8,14H2,1-3H3,(H2,15,18). The summed E-state index contributed by atoms with van der Waals surface area (Å²) in [6.07, 6.45) is 1.73. The lowest BCUT2D eigenvalue weighted by molar-refractivity contribution is -0.116. The normalized spacial score (nSPS) is 10.7. The molecule has 0 saturated carbocycles. The van der Waals surface area contributed by atoms with E-state index in [1.165, 1.54) is 0 Å². The molecule has 0 atom stereocenters. The molecule has 1 amide bonds. The highest BCUT2D eigenvalue weighted by Crippen LogP contribution is 2.21. The zero-order chi connectivity index (χ0) is 13.7. The van der Waals surface area contributed by atoms with Crippen LogP contribution in [0.25, 0.3) is 0 Å². The van der Waals surface area contributed by atoms with E-state index in [1.54, 1.807) is 6.20 Å². The second-order valence-electron chi connectivity index (χ2n) is 4.87. The molecule has 0 aliphatic heterocycles. The molecule has 0 radical (unpaired) electrons. The van der Waals surface area contributed by atoms with Gasteiger partial charge >= 0.3 is 0 Å². The van der Waals surface area contributed by atoms with Crippen molar-refractivity contribution in [3.05, 3.63) is 23.4 Å². The van der Waals surface area contributed by atoms with E-state index in [0.717, 1.165) is 23.5 Å². The van der Waals surface area contributed by atoms with E-state index in [4.69, 9.17) is 11.5 Å². The van der Waals surface area contributed by atoms with E-state index in [-0.39, 0.29) is 12.5 Å². The van der Waals surface area contributed by atoms with Gasteiger partial charge in [-0.15, -0.1) is 0 Å². The van der Waals surface area contributed by atoms with Crippen molar-refractivity contribution in [2.24, 2.45) is 17.4 Å². The lowest BCUT2D eigenvalue weighted by Gasteiger charge is -2.26. The first-order valence-electron chi connectivity index (χ1n) is 6.13. The van der Waals surface area contributed by atoms with Gasteiger partial charge in [-0.3, -0.25) is 4.79 Å². The van der Waals surface area contributed by atoms with Crippen LogP contribution in [0.1, 0.15) is 25.0 Å². The number of aryl methyl sites for hydroxylation is 1. The van der Waals surface area contributed by atoms with Gasteiger partial charge in [-0.1, -0.05) is 13.8 Å². The van der Waals surface area contributed by atoms with Crippen molar-refractivity contribution in [2.75, 3.05) is 18.0 Å². The molecular weight excluding hydrogens is 228 g/mol. The topological polar surface area (TPSA) is 85.2 Å². The maximum absolute atomic E-state index is 11.2. The van der Waals surface area contributed by atoms with Gasteiger partial charge in [-0.25, -0.2) is 4.98 Å². The van der Waals surface area contributed by atoms with Crippen LogP contribution in [-0.2, 0) is 11.3 Å². The number of amides is 1. The van der Waals surface area contributed by atoms with Gasteiger partial charge in [0.15, 0.2) is 0 Å². The molecule has 0 aliphatic rings. The van der Waals surface area contributed by atoms with Crippen LogP contribution in [0.3, 0.4) is 0 Å². The Hall–Kier alpha value is -1.62. The number of hydrogen-bond acceptors (Lipinski definition) is 4. The van der Waals surface area contributed by atoms with Gasteiger partial charge in [0.05, 0.1) is 6.54 Å². The number of carbonyl (C=O) groups excluding carboxylic acids is 1. The van der Waals surface area contributed by atoms with Crippen LogP contribution in [0.15, 0.2) is 12.3 Å². The first kappa shape index (κ1) is 14.4. The summed E-state index contributed by atoms with van der Waals surface area (Å²) in [5, 5.41) is 0. The fourth-order valence-electron chi connectivity index (χ4n) is 1.95. The van der Waals surface area contributed by atoms with Crippen molar-refractivity contribution in [3.63, 3.8) is 0 Å². The number of anilines is 1. The molecule has 0 aliphatic carbocycles. The number of nitrogens with zero attached hydrogens (tertiary/aromatic N) is 2. The number of carbonyl (C=O) groups is 1. The highest BCUT2D eigenvalue weighted by atomic mass is 16.1. The molecule has 0 aromatic carbocycles. The minimum Gasteiger partial charge on any atom is -0.368 e. The third kappa shape index (κ3) is 3.70. The molecule has 1 aromatic rings. The summed E-state index contributed by atoms with van der Waals surface area (Å²) in [4.78, 5) is 17.4. The Bertz CT molecular complexity index is 417. The summed E-state index contributed by atoms with van der Waals surface area (Å²) < 4.78 is 0. The van der Waals surface area contributed by atoms with Crippen LogP contribution < -0.4 is 16.4 Å². The smallest absolute Gasteiger partial charge is 0.236 e. The summed E-state index contributed by atoms with van der Waals surface area (Å²) in [6.45, 7) is 7.47. The molecule has 0 spiro atoms. The van der Waals surface area contributed by atoms with Crippen molar-refractivity contribution in [1.29, 1.82) is 0 Å². The summed E-state index contributed by atoms with van der Waals surface area (Å²) in [5.74, 6) is 0.823. The van der Waals surface area contributed by atoms with E-state index in [9.17, 15) is 4.79 Å². The predicted octanol–water partition coefficient (Wildman–Crippen LogP) is 0.796. The highest BCUT2D eigenvalue weighted by Gasteiger charge is 2.16. The summed E-state index contributed by atoms with van der Waals surface area (Å²) in [6, 6.07) is 1.92. The number of nitrogens with two attached hydrogens (primary N) is 2. The third-order valence-electron chi connectivity index (χ3n) is 2.70. The molecule has 1 aromatic heterocycles. The van der Waals surface area contributed by atoms with E-state index >= 15 is 0 Å². The van der Waals surface area contributed by atoms with Crippen LogP contribution in [0, 0.1) is 12.8 Å². The van der Waals surface area contributed by atoms with Crippen LogP contribution in [0.2, 0.25) is 0 Å². The first-order valence-corrected chi connectivity index (χ1v) is 6.13. The molecule has 0 bridgehead atoms. The average Bonchev–Trinajstić information content (AvgIpc) is 2.26. The number of rotatable bonds is 6. The van der Waals surface area contributed by atoms with E-state index in [1.807, 2.05) is 17.9 Å². The quantitative estimate of drug-likeness (QED) is 0.782. The first-order chi connectivity index (χ1) is 8.45. The van der Waals surface area contributed by atoms with Crippen molar-refractivity contribution in [3.8, 4) is 0 Å². The maximum Gasteiger partial charge on any atom is 0.236 e. The molecule has 0 fully saturated rings. The van der Waals surface area contributed by atoms with Crippen molar-refractivity contribution in [1.82, 2.24) is 4.98 Å². The minimum absolute atomic E-state index is 0.168. The van der Waals surface area contributed by atoms with E-state index in [0.29, 0.717) is 12.5 Å². The fourth-order valence-corrected chi connectivity index (χ4v) is 1.95. The Morgan fingerprint density at radius 2 is 2.17 bits per heavy atom. The second kappa shape index (κ2) is 6.35. The number of hydrogen-bond donors (Lipinski definition) is 2. The van der Waals surface area contributed by atoms with Gasteiger partial charge in [-0.2, -0.15) is 0 Å². The van der Waals surface area contributed by atoms with Gasteiger partial charge in [0.2, 0.25) is 5.91 Å². The lowest BCUT2D eigenvalue weighted by Crippen LogP contribution is -2.37. The monoisotopic (exact) mass is 250 g/mol. The molecular formula is C13H22N4O. The minimum atomic E-state index is -0.359. The van der Waals surface area contributed by atoms with Crippen molar-refractivity contribution >= 4 is 11.7 Å². The summed E-state index contributed by atoms with van der Waals surface area (Å²) in [7, 11) is 0. The van der Waals surface area contributed by atoms with Crippen molar-refractivity contribution < 1.29 is 4.79 Å². The Labute approximate surface area is 108 Å². The Morgan fingerprint density at radius 3 is 2.67 bits per heavy atom. The van der Waals surface area contributed by atoms with Crippen LogP contribution >= 0.6 is 0 Å². The van der Waals surface area contributed by atoms with Gasteiger partial charge in [-0.05, 0) is 24.5 Å². The second-order valence-corrected chi connectivity index (χ2v) is 4.87. The van der Waals surface area contributed by atoms with E-state index < -0.39 is 0 Å². The SMILES string of the molecule is Cc1ccnc(N(CC(N)=O)CC(C)C)c1CN. The molecule has 4 N–H and O–H groups in total. The van der Waals surface area contributed by atoms with Crippen LogP contribution in [0.5, 0.6) is 0 Å². The Morgan fingerprint density at radius 1 is 1.50 bits per heavy atom. The van der Waals surface area contributed by atoms with E-state index in [2.05, 4.69) is 18.8 Å². The Kier molecular flexibility index (Phi) is 5.09. The highest BCUT2D eigenvalue weighted by molar-refractivity contribution is 5.79. The zero-order valence-corrected chi connectivity index (χ0v) is 11.3. The lowest BCUT2D eigenvalue weighted by atomic mass is 10.1. The molecule has 0 unspecified atom stereocenters. The summed E-state index contributed by atoms with van der Waals surface area (Å²) in [5.41, 5.74) is 13.1. The van der Waals surface area contributed by atoms with Gasteiger partial charge in [0.1, 0.15) is 5.82 Å². The maximum atomic E-state index is 11.2. The zero-order valence-electron chi connectivity index (χ0n) is 11.3. The number of aromatic nitrogens is 1. The molecule has 1 rings (SSSR count). The van der Waals surface area contributed by atoms with Gasteiger partial charge < -0.3 is 16.4 Å². The molecule has 100 valence electrons. The average molecular weight is 250 g/mol. The van der Waals surface area contributed by atoms with Crippen LogP contribution in [0.4, 0.5) is 5.82 Å². The molecule has 0 saturated heterocycles. The largest absolute Gasteiger partial charge is 0.368 e. The fraction of sp³-hybridized carbons (Fsp3) is 0.538. The van der Waals surface area contributed by atoms with Crippen molar-refractivity contribution in [2.45, 2.75) is 27.3 Å². The third-order valence-corrected chi connectivity index (χ3v) is 2.70. The van der Waals surface area contributed by atoms with Gasteiger partial charge in [0.25, 0.3) is 0 Å². The molecule has 18 heavy (non-hydrogen) atoms. The summed E-state index contributed by atoms with van der Waals surface area (Å²) >= 11 is 0. The number of primary amides is 1.